The lowest BCUT2D eigenvalue weighted by Gasteiger charge is -2.33. The molecule has 1 aromatic carbocycles. The number of thioether (sulfide) groups is 2. The molecule has 0 saturated carbocycles. The summed E-state index contributed by atoms with van der Waals surface area (Å²) in [7, 11) is 0. The molecule has 1 aliphatic rings. The first-order chi connectivity index (χ1) is 18.9. The van der Waals surface area contributed by atoms with Crippen LogP contribution in [0, 0.1) is 0 Å². The van der Waals surface area contributed by atoms with Crippen LogP contribution >= 0.6 is 23.5 Å². The van der Waals surface area contributed by atoms with Crippen LogP contribution in [0.3, 0.4) is 0 Å². The second kappa shape index (κ2) is 16.9. The van der Waals surface area contributed by atoms with Crippen molar-refractivity contribution in [2.75, 3.05) is 16.8 Å². The van der Waals surface area contributed by atoms with Gasteiger partial charge in [0.15, 0.2) is 5.17 Å². The molecule has 0 fully saturated rings. The number of amidine groups is 1. The van der Waals surface area contributed by atoms with Gasteiger partial charge in [-0.3, -0.25) is 0 Å². The van der Waals surface area contributed by atoms with Crippen LogP contribution < -0.4 is 10.6 Å². The molecule has 0 bridgehead atoms. The number of unbranched alkanes of at least 4 members (excludes halogenated alkanes) is 10. The Morgan fingerprint density at radius 2 is 1.27 bits per heavy atom. The number of hydrogen-bond donors (Lipinski definition) is 3. The van der Waals surface area contributed by atoms with Gasteiger partial charge in [0, 0.05) is 22.6 Å². The Kier molecular flexibility index (Phi) is 14.8. The highest BCUT2D eigenvalue weighted by Crippen LogP contribution is 2.43. The quantitative estimate of drug-likeness (QED) is 0.0956. The van der Waals surface area contributed by atoms with Crippen LogP contribution in [-0.2, 0) is 10.8 Å². The van der Waals surface area contributed by atoms with Gasteiger partial charge in [-0.25, -0.2) is 9.98 Å². The molecule has 1 aromatic rings. The largest absolute Gasteiger partial charge is 0.507 e. The van der Waals surface area contributed by atoms with Crippen molar-refractivity contribution in [3.05, 3.63) is 23.3 Å². The van der Waals surface area contributed by atoms with Gasteiger partial charge >= 0.3 is 0 Å². The highest BCUT2D eigenvalue weighted by Gasteiger charge is 2.34. The Morgan fingerprint density at radius 1 is 0.775 bits per heavy atom. The highest BCUT2D eigenvalue weighted by atomic mass is 32.2. The smallest absolute Gasteiger partial charge is 0.279 e. The van der Waals surface area contributed by atoms with Gasteiger partial charge in [0.2, 0.25) is 0 Å². The van der Waals surface area contributed by atoms with Crippen molar-refractivity contribution in [3.63, 3.8) is 0 Å². The topological polar surface area (TPSA) is 69.0 Å². The van der Waals surface area contributed by atoms with Crippen LogP contribution in [0.1, 0.15) is 144 Å². The third-order valence-corrected chi connectivity index (χ3v) is 9.42. The minimum atomic E-state index is -0.820. The SMILES string of the molecule is CCCCCCCCSC1=NC(Nc2cc(C(C)(C)C)c(O)c(C(C)(C)C)c2)(SCCCCCCCC)N=CN1. The van der Waals surface area contributed by atoms with E-state index >= 15 is 0 Å². The van der Waals surface area contributed by atoms with Crippen molar-refractivity contribution in [2.45, 2.75) is 148 Å². The lowest BCUT2D eigenvalue weighted by atomic mass is 9.79. The zero-order chi connectivity index (χ0) is 29.7. The summed E-state index contributed by atoms with van der Waals surface area (Å²) in [4.78, 5) is 10.1. The maximum atomic E-state index is 11.2. The number of anilines is 1. The summed E-state index contributed by atoms with van der Waals surface area (Å²) in [5, 5.41) is 18.4. The van der Waals surface area contributed by atoms with Crippen molar-refractivity contribution < 1.29 is 5.11 Å². The molecule has 2 rings (SSSR count). The summed E-state index contributed by atoms with van der Waals surface area (Å²) >= 11 is 3.58. The third-order valence-electron chi connectivity index (χ3n) is 7.25. The number of rotatable bonds is 17. The van der Waals surface area contributed by atoms with E-state index in [0.717, 1.165) is 39.9 Å². The Balaban J connectivity index is 2.26. The van der Waals surface area contributed by atoms with E-state index in [4.69, 9.17) is 9.98 Å². The van der Waals surface area contributed by atoms with Gasteiger partial charge in [-0.05, 0) is 41.6 Å². The predicted octanol–water partition coefficient (Wildman–Crippen LogP) is 10.2. The molecule has 228 valence electrons. The van der Waals surface area contributed by atoms with Crippen LogP contribution in [0.2, 0.25) is 0 Å². The molecule has 0 aliphatic carbocycles. The molecular weight excluding hydrogens is 533 g/mol. The monoisotopic (exact) mass is 590 g/mol. The fourth-order valence-electron chi connectivity index (χ4n) is 4.80. The van der Waals surface area contributed by atoms with Crippen molar-refractivity contribution in [2.24, 2.45) is 9.98 Å². The summed E-state index contributed by atoms with van der Waals surface area (Å²) in [5.41, 5.74) is 2.45. The van der Waals surface area contributed by atoms with Crippen LogP contribution in [0.15, 0.2) is 22.1 Å². The molecule has 0 radical (unpaired) electrons. The fraction of sp³-hybridized carbons (Fsp3) is 0.758. The van der Waals surface area contributed by atoms with Gasteiger partial charge < -0.3 is 15.7 Å². The lowest BCUT2D eigenvalue weighted by molar-refractivity contribution is 0.423. The molecule has 40 heavy (non-hydrogen) atoms. The maximum Gasteiger partial charge on any atom is 0.279 e. The summed E-state index contributed by atoms with van der Waals surface area (Å²) in [6, 6.07) is 4.18. The summed E-state index contributed by atoms with van der Waals surface area (Å²) in [6.45, 7) is 17.4. The Hall–Kier alpha value is -1.34. The van der Waals surface area contributed by atoms with Crippen LogP contribution in [-0.4, -0.2) is 33.2 Å². The van der Waals surface area contributed by atoms with Gasteiger partial charge in [0.25, 0.3) is 5.12 Å². The van der Waals surface area contributed by atoms with Gasteiger partial charge in [0.1, 0.15) is 5.75 Å². The molecule has 5 nitrogen and oxygen atoms in total. The van der Waals surface area contributed by atoms with E-state index in [1.165, 1.54) is 70.6 Å². The second-order valence-corrected chi connectivity index (χ2v) is 15.6. The molecule has 0 amide bonds. The van der Waals surface area contributed by atoms with Crippen molar-refractivity contribution >= 4 is 40.7 Å². The van der Waals surface area contributed by atoms with Crippen LogP contribution in [0.4, 0.5) is 5.69 Å². The highest BCUT2D eigenvalue weighted by molar-refractivity contribution is 8.13. The van der Waals surface area contributed by atoms with E-state index in [2.05, 4.69) is 78.2 Å². The molecule has 1 atom stereocenters. The minimum absolute atomic E-state index is 0.195. The summed E-state index contributed by atoms with van der Waals surface area (Å²) < 4.78 is 0. The zero-order valence-corrected chi connectivity index (χ0v) is 28.4. The zero-order valence-electron chi connectivity index (χ0n) is 26.8. The first-order valence-corrected chi connectivity index (χ1v) is 17.7. The first kappa shape index (κ1) is 34.9. The Morgan fingerprint density at radius 3 is 1.80 bits per heavy atom. The number of nitrogens with one attached hydrogen (secondary N) is 2. The average molecular weight is 591 g/mol. The standard InChI is InChI=1S/C33H58N4OS2/c1-9-11-13-15-17-19-21-39-30-34-25-35-33(37-30,40-22-20-18-16-14-12-10-2)36-26-23-27(31(3,4)5)29(38)28(24-26)32(6,7)8/h23-25,36,38H,9-22H2,1-8H3,(H,34,35,37). The van der Waals surface area contributed by atoms with Crippen molar-refractivity contribution in [1.82, 2.24) is 5.32 Å². The second-order valence-electron chi connectivity index (χ2n) is 13.2. The molecule has 1 unspecified atom stereocenters. The average Bonchev–Trinajstić information content (AvgIpc) is 2.87. The van der Waals surface area contributed by atoms with Gasteiger partial charge in [-0.2, -0.15) is 0 Å². The summed E-state index contributed by atoms with van der Waals surface area (Å²) in [5.74, 6) is 2.45. The molecule has 3 N–H and O–H groups in total. The number of hydrogen-bond acceptors (Lipinski definition) is 7. The summed E-state index contributed by atoms with van der Waals surface area (Å²) in [6.07, 6.45) is 17.2. The maximum absolute atomic E-state index is 11.2. The van der Waals surface area contributed by atoms with E-state index < -0.39 is 5.12 Å². The van der Waals surface area contributed by atoms with Crippen LogP contribution in [0.25, 0.3) is 0 Å². The van der Waals surface area contributed by atoms with E-state index in [-0.39, 0.29) is 10.8 Å². The number of phenolic OH excluding ortho intramolecular Hbond substituents is 1. The number of aromatic hydroxyl groups is 1. The molecule has 1 aliphatic heterocycles. The van der Waals surface area contributed by atoms with Gasteiger partial charge in [0.05, 0.1) is 6.34 Å². The van der Waals surface area contributed by atoms with E-state index in [0.29, 0.717) is 5.75 Å². The number of phenols is 1. The fourth-order valence-corrected chi connectivity index (χ4v) is 6.84. The molecular formula is C33H58N4OS2. The third kappa shape index (κ3) is 11.9. The van der Waals surface area contributed by atoms with Crippen LogP contribution in [0.5, 0.6) is 5.75 Å². The molecule has 0 spiro atoms. The molecule has 1 heterocycles. The number of nitrogens with zero attached hydrogens (tertiary/aromatic N) is 2. The van der Waals surface area contributed by atoms with Crippen molar-refractivity contribution in [1.29, 1.82) is 0 Å². The molecule has 7 heteroatoms. The lowest BCUT2D eigenvalue weighted by Crippen LogP contribution is -2.39. The Bertz CT molecular complexity index is 914. The number of aliphatic imine (C=N–C) groups is 2. The van der Waals surface area contributed by atoms with Gasteiger partial charge in [-0.15, -0.1) is 0 Å². The molecule has 0 aromatic heterocycles. The normalized spacial score (nSPS) is 17.6. The van der Waals surface area contributed by atoms with Crippen molar-refractivity contribution in [3.8, 4) is 5.75 Å². The predicted molar refractivity (Wildman–Crippen MR) is 183 cm³/mol. The van der Waals surface area contributed by atoms with E-state index in [1.54, 1.807) is 23.5 Å². The number of benzene rings is 1. The Labute approximate surface area is 254 Å². The van der Waals surface area contributed by atoms with Gasteiger partial charge in [-0.1, -0.05) is 143 Å². The minimum Gasteiger partial charge on any atom is -0.507 e. The van der Waals surface area contributed by atoms with E-state index in [1.807, 2.05) is 6.34 Å². The molecule has 0 saturated heterocycles. The first-order valence-electron chi connectivity index (χ1n) is 15.7. The van der Waals surface area contributed by atoms with E-state index in [9.17, 15) is 5.11 Å².